The summed E-state index contributed by atoms with van der Waals surface area (Å²) >= 11 is 0. The van der Waals surface area contributed by atoms with E-state index in [1.54, 1.807) is 24.3 Å². The van der Waals surface area contributed by atoms with Crippen LogP contribution in [0.3, 0.4) is 0 Å². The van der Waals surface area contributed by atoms with Crippen molar-refractivity contribution in [1.82, 2.24) is 9.80 Å². The second-order valence-corrected chi connectivity index (χ2v) is 10.2. The first-order valence-electron chi connectivity index (χ1n) is 10.9. The number of halogens is 2. The molecule has 0 N–H and O–H groups in total. The SMILES string of the molecule is Cl.Cl.O=C(CN1CCN(C(CS(=O)(=O)c2ccccc2)c2ccccc2)CC1)c1ccccc1. The predicted molar refractivity (Wildman–Crippen MR) is 141 cm³/mol. The molecule has 0 amide bonds. The lowest BCUT2D eigenvalue weighted by molar-refractivity contribution is 0.0792. The monoisotopic (exact) mass is 520 g/mol. The van der Waals surface area contributed by atoms with E-state index in [9.17, 15) is 13.2 Å². The summed E-state index contributed by atoms with van der Waals surface area (Å²) in [4.78, 5) is 17.3. The van der Waals surface area contributed by atoms with Crippen LogP contribution in [0.25, 0.3) is 0 Å². The van der Waals surface area contributed by atoms with Crippen LogP contribution in [0.4, 0.5) is 0 Å². The zero-order valence-electron chi connectivity index (χ0n) is 18.8. The van der Waals surface area contributed by atoms with Gasteiger partial charge in [0.15, 0.2) is 15.6 Å². The van der Waals surface area contributed by atoms with Crippen molar-refractivity contribution in [3.8, 4) is 0 Å². The molecule has 4 rings (SSSR count). The van der Waals surface area contributed by atoms with E-state index in [2.05, 4.69) is 9.80 Å². The van der Waals surface area contributed by atoms with Crippen LogP contribution in [0.5, 0.6) is 0 Å². The summed E-state index contributed by atoms with van der Waals surface area (Å²) in [6.45, 7) is 3.27. The van der Waals surface area contributed by atoms with Crippen LogP contribution in [-0.2, 0) is 9.84 Å². The molecule has 0 spiro atoms. The predicted octanol–water partition coefficient (Wildman–Crippen LogP) is 4.55. The van der Waals surface area contributed by atoms with Crippen molar-refractivity contribution in [3.05, 3.63) is 102 Å². The van der Waals surface area contributed by atoms with Gasteiger partial charge in [0.05, 0.1) is 17.2 Å². The van der Waals surface area contributed by atoms with Crippen LogP contribution < -0.4 is 0 Å². The smallest absolute Gasteiger partial charge is 0.180 e. The molecule has 5 nitrogen and oxygen atoms in total. The maximum Gasteiger partial charge on any atom is 0.180 e. The fraction of sp³-hybridized carbons (Fsp3) is 0.269. The normalized spacial score (nSPS) is 15.5. The maximum atomic E-state index is 13.1. The molecular weight excluding hydrogens is 491 g/mol. The van der Waals surface area contributed by atoms with E-state index in [0.717, 1.165) is 24.2 Å². The van der Waals surface area contributed by atoms with Gasteiger partial charge in [-0.3, -0.25) is 14.6 Å². The summed E-state index contributed by atoms with van der Waals surface area (Å²) in [7, 11) is -3.43. The molecular formula is C26H30Cl2N2O3S. The average molecular weight is 522 g/mol. The molecule has 1 fully saturated rings. The van der Waals surface area contributed by atoms with Gasteiger partial charge in [0, 0.05) is 37.8 Å². The van der Waals surface area contributed by atoms with Crippen molar-refractivity contribution < 1.29 is 13.2 Å². The van der Waals surface area contributed by atoms with Crippen molar-refractivity contribution >= 4 is 40.4 Å². The quantitative estimate of drug-likeness (QED) is 0.408. The molecule has 3 aromatic rings. The number of benzene rings is 3. The third-order valence-corrected chi connectivity index (χ3v) is 7.72. The fourth-order valence-corrected chi connectivity index (χ4v) is 5.75. The maximum absolute atomic E-state index is 13.1. The molecule has 0 aliphatic carbocycles. The van der Waals surface area contributed by atoms with Crippen LogP contribution in [0.15, 0.2) is 95.9 Å². The third kappa shape index (κ3) is 7.14. The van der Waals surface area contributed by atoms with Gasteiger partial charge in [0.2, 0.25) is 0 Å². The van der Waals surface area contributed by atoms with Gasteiger partial charge in [-0.15, -0.1) is 24.8 Å². The van der Waals surface area contributed by atoms with Gasteiger partial charge in [-0.2, -0.15) is 0 Å². The summed E-state index contributed by atoms with van der Waals surface area (Å²) in [5.41, 5.74) is 1.73. The minimum atomic E-state index is -3.43. The molecule has 1 heterocycles. The molecule has 3 aromatic carbocycles. The van der Waals surface area contributed by atoms with Gasteiger partial charge in [0.25, 0.3) is 0 Å². The molecule has 1 saturated heterocycles. The zero-order chi connectivity index (χ0) is 22.4. The minimum absolute atomic E-state index is 0. The highest BCUT2D eigenvalue weighted by Gasteiger charge is 2.30. The molecule has 34 heavy (non-hydrogen) atoms. The standard InChI is InChI=1S/C26H28N2O3S.2ClH/c29-26(23-12-6-2-7-13-23)20-27-16-18-28(19-17-27)25(22-10-4-1-5-11-22)21-32(30,31)24-14-8-3-9-15-24;;/h1-15,25H,16-21H2;2*1H. The van der Waals surface area contributed by atoms with Gasteiger partial charge in [-0.05, 0) is 17.7 Å². The minimum Gasteiger partial charge on any atom is -0.293 e. The molecule has 1 atom stereocenters. The Morgan fingerprint density at radius 3 is 1.79 bits per heavy atom. The van der Waals surface area contributed by atoms with E-state index in [0.29, 0.717) is 24.5 Å². The second-order valence-electron chi connectivity index (χ2n) is 8.12. The highest BCUT2D eigenvalue weighted by molar-refractivity contribution is 7.91. The molecule has 0 radical (unpaired) electrons. The van der Waals surface area contributed by atoms with Crippen molar-refractivity contribution in [2.75, 3.05) is 38.5 Å². The number of piperazine rings is 1. The first-order valence-corrected chi connectivity index (χ1v) is 12.6. The molecule has 0 bridgehead atoms. The largest absolute Gasteiger partial charge is 0.293 e. The summed E-state index contributed by atoms with van der Waals surface area (Å²) in [6, 6.07) is 27.6. The van der Waals surface area contributed by atoms with E-state index in [1.807, 2.05) is 66.7 Å². The van der Waals surface area contributed by atoms with Crippen LogP contribution in [0.2, 0.25) is 0 Å². The molecule has 1 unspecified atom stereocenters. The van der Waals surface area contributed by atoms with E-state index in [4.69, 9.17) is 0 Å². The summed E-state index contributed by atoms with van der Waals surface area (Å²) in [5.74, 6) is 0.148. The molecule has 0 saturated carbocycles. The number of hydrogen-bond donors (Lipinski definition) is 0. The fourth-order valence-electron chi connectivity index (χ4n) is 4.17. The average Bonchev–Trinajstić information content (AvgIpc) is 2.85. The van der Waals surface area contributed by atoms with E-state index >= 15 is 0 Å². The summed E-state index contributed by atoms with van der Waals surface area (Å²) in [5, 5.41) is 0. The van der Waals surface area contributed by atoms with Crippen LogP contribution in [0.1, 0.15) is 22.0 Å². The van der Waals surface area contributed by atoms with E-state index in [-0.39, 0.29) is 42.4 Å². The number of sulfone groups is 1. The Balaban J connectivity index is 0.00000204. The Kier molecular flexibility index (Phi) is 10.7. The number of carbonyl (C=O) groups is 1. The van der Waals surface area contributed by atoms with E-state index in [1.165, 1.54) is 0 Å². The Morgan fingerprint density at radius 1 is 0.735 bits per heavy atom. The lowest BCUT2D eigenvalue weighted by Crippen LogP contribution is -2.50. The van der Waals surface area contributed by atoms with Crippen molar-refractivity contribution in [1.29, 1.82) is 0 Å². The van der Waals surface area contributed by atoms with Crippen molar-refractivity contribution in [2.24, 2.45) is 0 Å². The Morgan fingerprint density at radius 2 is 1.24 bits per heavy atom. The first-order chi connectivity index (χ1) is 15.5. The topological polar surface area (TPSA) is 57.7 Å². The van der Waals surface area contributed by atoms with Crippen molar-refractivity contribution in [3.63, 3.8) is 0 Å². The lowest BCUT2D eigenvalue weighted by Gasteiger charge is -2.39. The van der Waals surface area contributed by atoms with Crippen molar-refractivity contribution in [2.45, 2.75) is 10.9 Å². The number of ketones is 1. The molecule has 8 heteroatoms. The molecule has 1 aliphatic rings. The number of hydrogen-bond acceptors (Lipinski definition) is 5. The second kappa shape index (κ2) is 13.0. The van der Waals surface area contributed by atoms with Crippen LogP contribution >= 0.6 is 24.8 Å². The Labute approximate surface area is 214 Å². The highest BCUT2D eigenvalue weighted by Crippen LogP contribution is 2.26. The molecule has 0 aromatic heterocycles. The molecule has 182 valence electrons. The van der Waals surface area contributed by atoms with Gasteiger partial charge >= 0.3 is 0 Å². The van der Waals surface area contributed by atoms with Gasteiger partial charge in [0.1, 0.15) is 0 Å². The number of nitrogens with zero attached hydrogens (tertiary/aromatic N) is 2. The van der Waals surface area contributed by atoms with Crippen LogP contribution in [0, 0.1) is 0 Å². The zero-order valence-corrected chi connectivity index (χ0v) is 21.3. The Hall–Kier alpha value is -2.22. The summed E-state index contributed by atoms with van der Waals surface area (Å²) < 4.78 is 26.3. The number of carbonyl (C=O) groups excluding carboxylic acids is 1. The van der Waals surface area contributed by atoms with Gasteiger partial charge in [-0.25, -0.2) is 8.42 Å². The molecule has 1 aliphatic heterocycles. The Bertz CT molecular complexity index is 1120. The van der Waals surface area contributed by atoms with Crippen LogP contribution in [-0.4, -0.2) is 62.5 Å². The number of rotatable bonds is 8. The highest BCUT2D eigenvalue weighted by atomic mass is 35.5. The van der Waals surface area contributed by atoms with E-state index < -0.39 is 9.84 Å². The third-order valence-electron chi connectivity index (χ3n) is 5.97. The summed E-state index contributed by atoms with van der Waals surface area (Å²) in [6.07, 6.45) is 0. The lowest BCUT2D eigenvalue weighted by atomic mass is 10.1. The first kappa shape index (κ1) is 28.0. The van der Waals surface area contributed by atoms with Gasteiger partial charge < -0.3 is 0 Å². The number of Topliss-reactive ketones (excluding diaryl/α,β-unsaturated/α-hetero) is 1. The van der Waals surface area contributed by atoms with Gasteiger partial charge in [-0.1, -0.05) is 78.9 Å².